The highest BCUT2D eigenvalue weighted by Gasteiger charge is 2.39. The van der Waals surface area contributed by atoms with E-state index in [4.69, 9.17) is 4.74 Å². The molecule has 1 fully saturated rings. The first-order chi connectivity index (χ1) is 12.3. The van der Waals surface area contributed by atoms with E-state index in [-0.39, 0.29) is 22.8 Å². The zero-order valence-corrected chi connectivity index (χ0v) is 17.5. The fraction of sp³-hybridized carbons (Fsp3) is 0.611. The van der Waals surface area contributed by atoms with Gasteiger partial charge in [-0.15, -0.1) is 0 Å². The number of amides is 1. The maximum atomic E-state index is 12.9. The summed E-state index contributed by atoms with van der Waals surface area (Å²) >= 11 is 3.40. The van der Waals surface area contributed by atoms with Gasteiger partial charge in [-0.25, -0.2) is 13.1 Å². The molecule has 1 aliphatic carbocycles. The van der Waals surface area contributed by atoms with Crippen molar-refractivity contribution in [2.75, 3.05) is 24.6 Å². The van der Waals surface area contributed by atoms with E-state index in [0.717, 1.165) is 18.4 Å². The number of halogens is 1. The van der Waals surface area contributed by atoms with Crippen LogP contribution in [0.3, 0.4) is 0 Å². The molecule has 0 unspecified atom stereocenters. The number of benzene rings is 1. The Morgan fingerprint density at radius 2 is 2.12 bits per heavy atom. The maximum Gasteiger partial charge on any atom is 0.242 e. The predicted molar refractivity (Wildman–Crippen MR) is 104 cm³/mol. The molecule has 144 valence electrons. The van der Waals surface area contributed by atoms with Crippen molar-refractivity contribution in [1.82, 2.24) is 4.72 Å². The van der Waals surface area contributed by atoms with Gasteiger partial charge >= 0.3 is 0 Å². The molecule has 6 nitrogen and oxygen atoms in total. The second kappa shape index (κ2) is 7.96. The zero-order valence-electron chi connectivity index (χ0n) is 15.1. The van der Waals surface area contributed by atoms with E-state index in [0.29, 0.717) is 42.7 Å². The highest BCUT2D eigenvalue weighted by atomic mass is 79.9. The molecule has 1 aliphatic heterocycles. The van der Waals surface area contributed by atoms with Crippen LogP contribution in [0.5, 0.6) is 0 Å². The van der Waals surface area contributed by atoms with Gasteiger partial charge in [0.2, 0.25) is 15.9 Å². The summed E-state index contributed by atoms with van der Waals surface area (Å²) in [6, 6.07) is 3.50. The lowest BCUT2D eigenvalue weighted by Gasteiger charge is -2.21. The first kappa shape index (κ1) is 19.8. The number of carbonyl (C=O) groups excluding carboxylic acids is 1. The molecule has 1 aromatic rings. The fourth-order valence-corrected chi connectivity index (χ4v) is 5.12. The highest BCUT2D eigenvalue weighted by Crippen LogP contribution is 2.41. The first-order valence-corrected chi connectivity index (χ1v) is 11.3. The molecule has 1 aromatic carbocycles. The van der Waals surface area contributed by atoms with E-state index >= 15 is 0 Å². The summed E-state index contributed by atoms with van der Waals surface area (Å²) in [6.07, 6.45) is 3.20. The van der Waals surface area contributed by atoms with Crippen molar-refractivity contribution in [2.24, 2.45) is 5.92 Å². The van der Waals surface area contributed by atoms with Crippen LogP contribution in [-0.2, 0) is 26.0 Å². The van der Waals surface area contributed by atoms with Crippen LogP contribution < -0.4 is 9.62 Å². The average molecular weight is 445 g/mol. The van der Waals surface area contributed by atoms with Crippen molar-refractivity contribution < 1.29 is 17.9 Å². The number of ether oxygens (including phenoxy) is 1. The second-order valence-electron chi connectivity index (χ2n) is 7.10. The van der Waals surface area contributed by atoms with Crippen molar-refractivity contribution in [1.29, 1.82) is 0 Å². The van der Waals surface area contributed by atoms with Crippen LogP contribution in [0.15, 0.2) is 21.5 Å². The topological polar surface area (TPSA) is 75.7 Å². The van der Waals surface area contributed by atoms with Gasteiger partial charge in [0.25, 0.3) is 0 Å². The Morgan fingerprint density at radius 3 is 2.77 bits per heavy atom. The lowest BCUT2D eigenvalue weighted by molar-refractivity contribution is -0.119. The van der Waals surface area contributed by atoms with E-state index in [9.17, 15) is 13.2 Å². The SMILES string of the molecule is CC(C)OCCCNS(=O)(=O)c1cc(Br)cc2c1N(C(=O)C1CC1)CC2. The van der Waals surface area contributed by atoms with E-state index in [2.05, 4.69) is 20.7 Å². The van der Waals surface area contributed by atoms with E-state index < -0.39 is 10.0 Å². The van der Waals surface area contributed by atoms with Crippen LogP contribution in [0.1, 0.15) is 38.7 Å². The second-order valence-corrected chi connectivity index (χ2v) is 9.75. The Bertz CT molecular complexity index is 791. The summed E-state index contributed by atoms with van der Waals surface area (Å²) in [7, 11) is -3.71. The Kier molecular flexibility index (Phi) is 6.06. The van der Waals surface area contributed by atoms with Gasteiger partial charge in [-0.3, -0.25) is 4.79 Å². The molecule has 0 atom stereocenters. The van der Waals surface area contributed by atoms with E-state index in [1.165, 1.54) is 0 Å². The fourth-order valence-electron chi connectivity index (χ4n) is 3.12. The highest BCUT2D eigenvalue weighted by molar-refractivity contribution is 9.10. The molecular weight excluding hydrogens is 420 g/mol. The van der Waals surface area contributed by atoms with Crippen LogP contribution in [0, 0.1) is 5.92 Å². The average Bonchev–Trinajstić information content (AvgIpc) is 3.33. The molecule has 0 bridgehead atoms. The number of rotatable bonds is 8. The number of anilines is 1. The number of carbonyl (C=O) groups is 1. The summed E-state index contributed by atoms with van der Waals surface area (Å²) < 4.78 is 34.6. The molecule has 0 saturated heterocycles. The number of sulfonamides is 1. The quantitative estimate of drug-likeness (QED) is 0.625. The normalized spacial score (nSPS) is 17.0. The number of fused-ring (bicyclic) bond motifs is 1. The van der Waals surface area contributed by atoms with Crippen LogP contribution in [0.2, 0.25) is 0 Å². The molecule has 1 heterocycles. The third kappa shape index (κ3) is 4.47. The Balaban J connectivity index is 1.79. The maximum absolute atomic E-state index is 12.9. The standard InChI is InChI=1S/C18H25BrN2O4S/c1-12(2)25-9-3-7-20-26(23,24)16-11-15(19)10-14-6-8-21(17(14)16)18(22)13-4-5-13/h10-13,20H,3-9H2,1-2H3. The molecular formula is C18H25BrN2O4S. The van der Waals surface area contributed by atoms with Gasteiger partial charge in [-0.2, -0.15) is 0 Å². The lowest BCUT2D eigenvalue weighted by atomic mass is 10.2. The largest absolute Gasteiger partial charge is 0.379 e. The van der Waals surface area contributed by atoms with Gasteiger partial charge in [0.15, 0.2) is 0 Å². The molecule has 1 amide bonds. The molecule has 1 saturated carbocycles. The van der Waals surface area contributed by atoms with Gasteiger partial charge in [-0.05, 0) is 57.2 Å². The van der Waals surface area contributed by atoms with Gasteiger partial charge in [-0.1, -0.05) is 15.9 Å². The van der Waals surface area contributed by atoms with Crippen LogP contribution in [0.4, 0.5) is 5.69 Å². The van der Waals surface area contributed by atoms with Gasteiger partial charge in [0.1, 0.15) is 4.90 Å². The molecule has 2 aliphatic rings. The Morgan fingerprint density at radius 1 is 1.38 bits per heavy atom. The van der Waals surface area contributed by atoms with Crippen LogP contribution >= 0.6 is 15.9 Å². The van der Waals surface area contributed by atoms with Crippen molar-refractivity contribution in [3.63, 3.8) is 0 Å². The summed E-state index contributed by atoms with van der Waals surface area (Å²) in [6.45, 7) is 5.24. The predicted octanol–water partition coefficient (Wildman–Crippen LogP) is 2.84. The van der Waals surface area contributed by atoms with Gasteiger partial charge < -0.3 is 9.64 Å². The summed E-state index contributed by atoms with van der Waals surface area (Å²) in [5.41, 5.74) is 1.45. The minimum Gasteiger partial charge on any atom is -0.379 e. The van der Waals surface area contributed by atoms with Crippen molar-refractivity contribution in [2.45, 2.75) is 50.5 Å². The number of nitrogens with one attached hydrogen (secondary N) is 1. The Hall–Kier alpha value is -0.960. The van der Waals surface area contributed by atoms with E-state index in [1.807, 2.05) is 19.9 Å². The molecule has 0 spiro atoms. The molecule has 3 rings (SSSR count). The zero-order chi connectivity index (χ0) is 18.9. The minimum absolute atomic E-state index is 0.0489. The van der Waals surface area contributed by atoms with Crippen LogP contribution in [-0.4, -0.2) is 40.1 Å². The lowest BCUT2D eigenvalue weighted by Crippen LogP contribution is -2.33. The molecule has 0 radical (unpaired) electrons. The smallest absolute Gasteiger partial charge is 0.242 e. The molecule has 8 heteroatoms. The summed E-state index contributed by atoms with van der Waals surface area (Å²) in [4.78, 5) is 14.4. The van der Waals surface area contributed by atoms with Crippen molar-refractivity contribution in [3.05, 3.63) is 22.2 Å². The summed E-state index contributed by atoms with van der Waals surface area (Å²) in [5.74, 6) is 0.106. The summed E-state index contributed by atoms with van der Waals surface area (Å²) in [5, 5.41) is 0. The minimum atomic E-state index is -3.71. The monoisotopic (exact) mass is 444 g/mol. The number of hydrogen-bond donors (Lipinski definition) is 1. The van der Waals surface area contributed by atoms with Crippen molar-refractivity contribution in [3.8, 4) is 0 Å². The molecule has 26 heavy (non-hydrogen) atoms. The third-order valence-electron chi connectivity index (χ3n) is 4.54. The van der Waals surface area contributed by atoms with Crippen LogP contribution in [0.25, 0.3) is 0 Å². The first-order valence-electron chi connectivity index (χ1n) is 9.04. The van der Waals surface area contributed by atoms with Crippen molar-refractivity contribution >= 4 is 37.5 Å². The Labute approximate surface area is 163 Å². The number of nitrogens with zero attached hydrogens (tertiary/aromatic N) is 1. The number of hydrogen-bond acceptors (Lipinski definition) is 4. The van der Waals surface area contributed by atoms with Gasteiger partial charge in [0, 0.05) is 30.1 Å². The third-order valence-corrected chi connectivity index (χ3v) is 6.47. The molecule has 1 N–H and O–H groups in total. The van der Waals surface area contributed by atoms with E-state index in [1.54, 1.807) is 11.0 Å². The van der Waals surface area contributed by atoms with Gasteiger partial charge in [0.05, 0.1) is 11.8 Å². The molecule has 0 aromatic heterocycles.